The zero-order chi connectivity index (χ0) is 42.6. The topological polar surface area (TPSA) is 140 Å². The van der Waals surface area contributed by atoms with Crippen molar-refractivity contribution in [3.05, 3.63) is 59.3 Å². The lowest BCUT2D eigenvalue weighted by Crippen LogP contribution is -2.63. The van der Waals surface area contributed by atoms with Crippen molar-refractivity contribution in [1.82, 2.24) is 5.06 Å². The fourth-order valence-corrected chi connectivity index (χ4v) is 8.62. The van der Waals surface area contributed by atoms with Gasteiger partial charge in [0.2, 0.25) is 0 Å². The molecule has 10 atom stereocenters. The molecule has 0 bridgehead atoms. The van der Waals surface area contributed by atoms with Gasteiger partial charge in [-0.05, 0) is 83.3 Å². The predicted octanol–water partition coefficient (Wildman–Crippen LogP) is 8.96. The maximum absolute atomic E-state index is 11.2. The van der Waals surface area contributed by atoms with Gasteiger partial charge in [0.05, 0.1) is 36.6 Å². The monoisotopic (exact) mass is 801 g/mol. The molecular weight excluding hydrogens is 725 g/mol. The summed E-state index contributed by atoms with van der Waals surface area (Å²) in [5, 5.41) is 30.2. The van der Waals surface area contributed by atoms with Gasteiger partial charge in [-0.25, -0.2) is 0 Å². The minimum atomic E-state index is -1.10. The summed E-state index contributed by atoms with van der Waals surface area (Å²) in [7, 11) is 4.67. The normalized spacial score (nSPS) is 33.3. The molecule has 1 aliphatic carbocycles. The van der Waals surface area contributed by atoms with E-state index in [1.54, 1.807) is 14.0 Å². The second kappa shape index (κ2) is 25.7. The lowest BCUT2D eigenvalue weighted by atomic mass is 9.79. The first-order valence-electron chi connectivity index (χ1n) is 21.4. The van der Waals surface area contributed by atoms with E-state index in [0.29, 0.717) is 38.3 Å². The quantitative estimate of drug-likeness (QED) is 0.0669. The van der Waals surface area contributed by atoms with Crippen molar-refractivity contribution in [3.8, 4) is 6.07 Å². The second-order valence-electron chi connectivity index (χ2n) is 15.5. The number of rotatable bonds is 16. The zero-order valence-corrected chi connectivity index (χ0v) is 36.9. The molecule has 11 heteroatoms. The molecular formula is C46H76N2O9. The van der Waals surface area contributed by atoms with Gasteiger partial charge in [0, 0.05) is 46.6 Å². The lowest BCUT2D eigenvalue weighted by Gasteiger charge is -2.46. The summed E-state index contributed by atoms with van der Waals surface area (Å²) in [6.07, 6.45) is 23.0. The summed E-state index contributed by atoms with van der Waals surface area (Å²) in [4.78, 5) is 11.2. The molecule has 2 N–H and O–H groups in total. The maximum atomic E-state index is 11.2. The van der Waals surface area contributed by atoms with E-state index < -0.39 is 17.4 Å². The summed E-state index contributed by atoms with van der Waals surface area (Å²) in [6, 6.07) is 2.09. The van der Waals surface area contributed by atoms with Crippen molar-refractivity contribution in [2.24, 2.45) is 11.8 Å². The Bertz CT molecular complexity index is 1380. The molecule has 0 amide bonds. The number of nitriles is 1. The molecule has 0 aromatic carbocycles. The Morgan fingerprint density at radius 1 is 1.16 bits per heavy atom. The lowest BCUT2D eigenvalue weighted by molar-refractivity contribution is -0.294. The number of hydrogen-bond acceptors (Lipinski definition) is 11. The number of allylic oxidation sites excluding steroid dienone is 5. The molecule has 3 heterocycles. The molecule has 4 aliphatic rings. The number of aliphatic hydroxyl groups excluding tert-OH is 1. The Morgan fingerprint density at radius 2 is 1.88 bits per heavy atom. The molecule has 57 heavy (non-hydrogen) atoms. The van der Waals surface area contributed by atoms with E-state index in [0.717, 1.165) is 62.0 Å². The Morgan fingerprint density at radius 3 is 2.46 bits per heavy atom. The Labute approximate surface area is 344 Å². The fraction of sp³-hybridized carbons (Fsp3) is 0.739. The number of ether oxygens (including phenoxy) is 6. The first-order valence-corrected chi connectivity index (χ1v) is 21.4. The van der Waals surface area contributed by atoms with Gasteiger partial charge in [0.1, 0.15) is 12.2 Å². The van der Waals surface area contributed by atoms with Crippen LogP contribution in [0.25, 0.3) is 0 Å². The summed E-state index contributed by atoms with van der Waals surface area (Å²) >= 11 is 0. The van der Waals surface area contributed by atoms with Gasteiger partial charge in [-0.2, -0.15) is 10.3 Å². The standard InChI is InChI=1S/C35H54O6.C9H16N2O3.C2H6/c1-7-27(8-2)32-16-13-21-35(41-32)23-30(39-24-36)22-29(40-35)19-17-25(4)14-11-10-12-15-28(9-3)31-20-18-26(5)33(37)34(31)38-6;1-7-9(6-10,11(2)12)8(13-3)4-5-14-7;1-2/h10,12-13,15,17-18,21,24,27,29-34,37H,7-9,11,14,16,19-20,22-23H2,1-6H3;7-8,12H,4-5H2,1-3H3;1-2H3/b12-10+,25-17+,28-15+;;/t;7?,8?,9-;/m.1./s1. The van der Waals surface area contributed by atoms with Gasteiger partial charge < -0.3 is 38.7 Å². The number of methoxy groups -OCH3 is 2. The summed E-state index contributed by atoms with van der Waals surface area (Å²) < 4.78 is 34.9. The number of carbonyl (C=O) groups is 1. The van der Waals surface area contributed by atoms with Gasteiger partial charge in [-0.15, -0.1) is 0 Å². The molecule has 11 nitrogen and oxygen atoms in total. The summed E-state index contributed by atoms with van der Waals surface area (Å²) in [5.41, 5.74) is 2.52. The highest BCUT2D eigenvalue weighted by atomic mass is 16.7. The van der Waals surface area contributed by atoms with Crippen molar-refractivity contribution >= 4 is 6.47 Å². The summed E-state index contributed by atoms with van der Waals surface area (Å²) in [6.45, 7) is 17.6. The molecule has 0 aromatic rings. The van der Waals surface area contributed by atoms with Crippen LogP contribution in [-0.2, 0) is 33.2 Å². The third-order valence-electron chi connectivity index (χ3n) is 12.1. The van der Waals surface area contributed by atoms with Gasteiger partial charge >= 0.3 is 0 Å². The van der Waals surface area contributed by atoms with Crippen LogP contribution in [0.3, 0.4) is 0 Å². The van der Waals surface area contributed by atoms with E-state index in [-0.39, 0.29) is 42.5 Å². The highest BCUT2D eigenvalue weighted by molar-refractivity contribution is 5.37. The molecule has 0 aromatic heterocycles. The van der Waals surface area contributed by atoms with Gasteiger partial charge in [0.25, 0.3) is 6.47 Å². The molecule has 2 fully saturated rings. The molecule has 3 aliphatic heterocycles. The minimum Gasteiger partial charge on any atom is -0.464 e. The number of hydrogen-bond donors (Lipinski definition) is 2. The molecule has 324 valence electrons. The van der Waals surface area contributed by atoms with Crippen molar-refractivity contribution in [1.29, 1.82) is 5.26 Å². The van der Waals surface area contributed by atoms with Crippen LogP contribution in [0, 0.1) is 23.2 Å². The van der Waals surface area contributed by atoms with Crippen molar-refractivity contribution in [2.45, 2.75) is 180 Å². The third-order valence-corrected chi connectivity index (χ3v) is 12.1. The predicted molar refractivity (Wildman–Crippen MR) is 224 cm³/mol. The smallest absolute Gasteiger partial charge is 0.293 e. The molecule has 1 spiro atoms. The minimum absolute atomic E-state index is 0.0726. The first kappa shape index (κ1) is 50.5. The fourth-order valence-electron chi connectivity index (χ4n) is 8.62. The average molecular weight is 801 g/mol. The number of hydroxylamine groups is 2. The number of aliphatic hydroxyl groups is 1. The van der Waals surface area contributed by atoms with Crippen LogP contribution in [0.15, 0.2) is 59.3 Å². The molecule has 2 saturated heterocycles. The van der Waals surface area contributed by atoms with E-state index in [9.17, 15) is 20.4 Å². The van der Waals surface area contributed by atoms with E-state index in [2.05, 4.69) is 70.2 Å². The van der Waals surface area contributed by atoms with E-state index >= 15 is 0 Å². The third kappa shape index (κ3) is 13.7. The largest absolute Gasteiger partial charge is 0.464 e. The summed E-state index contributed by atoms with van der Waals surface area (Å²) in [5.74, 6) is -0.129. The zero-order valence-electron chi connectivity index (χ0n) is 36.9. The van der Waals surface area contributed by atoms with Crippen LogP contribution in [0.5, 0.6) is 0 Å². The van der Waals surface area contributed by atoms with Crippen LogP contribution >= 0.6 is 0 Å². The molecule has 9 unspecified atom stereocenters. The van der Waals surface area contributed by atoms with E-state index in [1.807, 2.05) is 26.8 Å². The van der Waals surface area contributed by atoms with Gasteiger partial charge in [0.15, 0.2) is 11.3 Å². The van der Waals surface area contributed by atoms with Gasteiger partial charge in [-0.3, -0.25) is 4.79 Å². The van der Waals surface area contributed by atoms with Gasteiger partial charge in [-0.1, -0.05) is 95.1 Å². The highest BCUT2D eigenvalue weighted by Gasteiger charge is 2.51. The molecule has 0 radical (unpaired) electrons. The Hall–Kier alpha value is -2.66. The van der Waals surface area contributed by atoms with Crippen LogP contribution in [0.1, 0.15) is 126 Å². The van der Waals surface area contributed by atoms with Crippen LogP contribution in [-0.4, -0.2) is 104 Å². The van der Waals surface area contributed by atoms with Crippen molar-refractivity contribution in [3.63, 3.8) is 0 Å². The van der Waals surface area contributed by atoms with Crippen molar-refractivity contribution in [2.75, 3.05) is 27.9 Å². The SMILES string of the molecule is CC.CC/C(=C\C=C\CC/C(C)=C/CC1CC(OC=O)CC2(C=CCC(C(CC)CC)O2)O1)C1CC=C(C)C(O)C1OC.COC1CCOC(C)[C@@]1(C#N)N(C)O. The Balaban J connectivity index is 0.000000586. The van der Waals surface area contributed by atoms with E-state index in [4.69, 9.17) is 28.4 Å². The highest BCUT2D eigenvalue weighted by Crippen LogP contribution is 2.40. The Kier molecular flexibility index (Phi) is 22.8. The molecule has 0 saturated carbocycles. The average Bonchev–Trinajstić information content (AvgIpc) is 3.21. The van der Waals surface area contributed by atoms with Crippen LogP contribution in [0.2, 0.25) is 0 Å². The first-order chi connectivity index (χ1) is 27.4. The van der Waals surface area contributed by atoms with E-state index in [1.165, 1.54) is 25.3 Å². The second-order valence-corrected chi connectivity index (χ2v) is 15.5. The maximum Gasteiger partial charge on any atom is 0.293 e. The number of likely N-dealkylation sites (N-methyl/N-ethyl adjacent to an activating group) is 1. The number of nitrogens with zero attached hydrogens (tertiary/aromatic N) is 2. The van der Waals surface area contributed by atoms with Crippen molar-refractivity contribution < 1.29 is 43.5 Å². The van der Waals surface area contributed by atoms with Crippen LogP contribution < -0.4 is 0 Å². The van der Waals surface area contributed by atoms with Crippen LogP contribution in [0.4, 0.5) is 0 Å². The number of carbonyl (C=O) groups excluding carboxylic acids is 1. The molecule has 4 rings (SSSR count).